The first-order valence-corrected chi connectivity index (χ1v) is 9.97. The maximum atomic E-state index is 11.8. The second kappa shape index (κ2) is 8.20. The number of nitrogens with zero attached hydrogens (tertiary/aromatic N) is 2. The lowest BCUT2D eigenvalue weighted by molar-refractivity contribution is -0.145. The van der Waals surface area contributed by atoms with E-state index in [1.165, 1.54) is 13.4 Å². The van der Waals surface area contributed by atoms with E-state index in [0.717, 1.165) is 25.3 Å². The number of nitrogens with one attached hydrogen (secondary N) is 1. The van der Waals surface area contributed by atoms with Crippen LogP contribution in [0.3, 0.4) is 0 Å². The molecule has 140 valence electrons. The Morgan fingerprint density at radius 3 is 2.46 bits per heavy atom. The van der Waals surface area contributed by atoms with E-state index in [-0.39, 0.29) is 52.9 Å². The van der Waals surface area contributed by atoms with E-state index in [9.17, 15) is 13.2 Å². The Kier molecular flexibility index (Phi) is 7.33. The second-order valence-corrected chi connectivity index (χ2v) is 9.12. The number of carbonyl (C=O) groups excluding carboxylic acids is 1. The first kappa shape index (κ1) is 21.5. The Balaban J connectivity index is 0.00000288. The van der Waals surface area contributed by atoms with Gasteiger partial charge in [0.05, 0.1) is 18.8 Å². The van der Waals surface area contributed by atoms with Crippen LogP contribution in [-0.2, 0) is 19.4 Å². The summed E-state index contributed by atoms with van der Waals surface area (Å²) in [4.78, 5) is 18.1. The summed E-state index contributed by atoms with van der Waals surface area (Å²) < 4.78 is 27.9. The molecule has 0 aromatic carbocycles. The van der Waals surface area contributed by atoms with Crippen LogP contribution in [0.4, 0.5) is 0 Å². The molecule has 0 aromatic rings. The Bertz CT molecular complexity index is 590. The quantitative estimate of drug-likeness (QED) is 0.275. The summed E-state index contributed by atoms with van der Waals surface area (Å²) in [6.45, 7) is 3.94. The van der Waals surface area contributed by atoms with E-state index in [2.05, 4.69) is 10.3 Å². The predicted octanol–water partition coefficient (Wildman–Crippen LogP) is 0.746. The second-order valence-electron chi connectivity index (χ2n) is 6.98. The van der Waals surface area contributed by atoms with Crippen LogP contribution in [0.1, 0.15) is 19.8 Å². The Hall–Kier alpha value is -0.580. The van der Waals surface area contributed by atoms with Crippen LogP contribution < -0.4 is 5.32 Å². The van der Waals surface area contributed by atoms with Gasteiger partial charge in [-0.2, -0.15) is 0 Å². The molecule has 2 unspecified atom stereocenters. The summed E-state index contributed by atoms with van der Waals surface area (Å²) in [5.74, 6) is 0.802. The fraction of sp³-hybridized carbons (Fsp3) is 0.867. The van der Waals surface area contributed by atoms with Crippen molar-refractivity contribution in [2.45, 2.75) is 19.8 Å². The molecule has 2 fully saturated rings. The van der Waals surface area contributed by atoms with E-state index in [1.54, 1.807) is 7.05 Å². The third kappa shape index (κ3) is 5.47. The van der Waals surface area contributed by atoms with Crippen molar-refractivity contribution in [1.29, 1.82) is 0 Å². The van der Waals surface area contributed by atoms with Crippen LogP contribution in [0.15, 0.2) is 4.99 Å². The van der Waals surface area contributed by atoms with Crippen LogP contribution in [0.25, 0.3) is 0 Å². The van der Waals surface area contributed by atoms with Crippen LogP contribution in [0, 0.1) is 17.3 Å². The van der Waals surface area contributed by atoms with Gasteiger partial charge in [-0.1, -0.05) is 6.92 Å². The molecule has 1 aliphatic carbocycles. The van der Waals surface area contributed by atoms with Crippen molar-refractivity contribution in [1.82, 2.24) is 10.2 Å². The van der Waals surface area contributed by atoms with Gasteiger partial charge in [0.15, 0.2) is 5.96 Å². The largest absolute Gasteiger partial charge is 0.469 e. The minimum atomic E-state index is -2.98. The van der Waals surface area contributed by atoms with Gasteiger partial charge in [-0.25, -0.2) is 8.42 Å². The van der Waals surface area contributed by atoms with Gasteiger partial charge in [-0.05, 0) is 18.8 Å². The standard InChI is InChI=1S/C15H27N3O4S.HI/c1-11-7-18(8-12(11)13(19)22-3)14(16-2)17-9-15(5-6-15)10-23(4,20)21;/h11-12H,5-10H2,1-4H3,(H,16,17);1H. The highest BCUT2D eigenvalue weighted by Gasteiger charge is 2.45. The number of halogens is 1. The highest BCUT2D eigenvalue weighted by atomic mass is 127. The van der Waals surface area contributed by atoms with E-state index in [1.807, 2.05) is 11.8 Å². The number of guanidine groups is 1. The smallest absolute Gasteiger partial charge is 0.310 e. The molecule has 9 heteroatoms. The topological polar surface area (TPSA) is 88.1 Å². The maximum absolute atomic E-state index is 11.8. The number of aliphatic imine (C=N–C) groups is 1. The zero-order valence-electron chi connectivity index (χ0n) is 14.7. The average molecular weight is 473 g/mol. The fourth-order valence-electron chi connectivity index (χ4n) is 3.30. The molecule has 1 N–H and O–H groups in total. The van der Waals surface area contributed by atoms with Crippen molar-refractivity contribution < 1.29 is 17.9 Å². The SMILES string of the molecule is CN=C(NCC1(CS(C)(=O)=O)CC1)N1CC(C)C(C(=O)OC)C1.I. The van der Waals surface area contributed by atoms with Crippen LogP contribution in [-0.4, -0.2) is 71.0 Å². The van der Waals surface area contributed by atoms with Crippen molar-refractivity contribution in [3.8, 4) is 0 Å². The zero-order valence-corrected chi connectivity index (χ0v) is 17.9. The van der Waals surface area contributed by atoms with Gasteiger partial charge in [0.2, 0.25) is 0 Å². The third-order valence-electron chi connectivity index (χ3n) is 4.77. The summed E-state index contributed by atoms with van der Waals surface area (Å²) in [6.07, 6.45) is 3.13. The van der Waals surface area contributed by atoms with E-state index >= 15 is 0 Å². The molecule has 2 rings (SSSR count). The predicted molar refractivity (Wildman–Crippen MR) is 104 cm³/mol. The lowest BCUT2D eigenvalue weighted by Crippen LogP contribution is -2.43. The van der Waals surface area contributed by atoms with Gasteiger partial charge in [0.1, 0.15) is 9.84 Å². The summed E-state index contributed by atoms with van der Waals surface area (Å²) in [7, 11) is 0.133. The molecule has 1 saturated heterocycles. The molecule has 0 bridgehead atoms. The lowest BCUT2D eigenvalue weighted by Gasteiger charge is -2.24. The summed E-state index contributed by atoms with van der Waals surface area (Å²) in [6, 6.07) is 0. The highest BCUT2D eigenvalue weighted by molar-refractivity contribution is 14.0. The minimum Gasteiger partial charge on any atom is -0.469 e. The molecule has 0 aromatic heterocycles. The molecular weight excluding hydrogens is 445 g/mol. The van der Waals surface area contributed by atoms with Gasteiger partial charge in [-0.3, -0.25) is 9.79 Å². The summed E-state index contributed by atoms with van der Waals surface area (Å²) >= 11 is 0. The van der Waals surface area contributed by atoms with Gasteiger partial charge in [0, 0.05) is 38.4 Å². The van der Waals surface area contributed by atoms with Crippen LogP contribution >= 0.6 is 24.0 Å². The van der Waals surface area contributed by atoms with Gasteiger partial charge >= 0.3 is 5.97 Å². The summed E-state index contributed by atoms with van der Waals surface area (Å²) in [5, 5.41) is 3.29. The minimum absolute atomic E-state index is 0. The van der Waals surface area contributed by atoms with Gasteiger partial charge in [0.25, 0.3) is 0 Å². The fourth-order valence-corrected chi connectivity index (χ4v) is 4.80. The number of ether oxygens (including phenoxy) is 1. The van der Waals surface area contributed by atoms with E-state index in [4.69, 9.17) is 4.74 Å². The molecule has 7 nitrogen and oxygen atoms in total. The number of hydrogen-bond donors (Lipinski definition) is 1. The molecule has 2 atom stereocenters. The number of rotatable bonds is 5. The average Bonchev–Trinajstić information content (AvgIpc) is 3.09. The highest BCUT2D eigenvalue weighted by Crippen LogP contribution is 2.46. The first-order chi connectivity index (χ1) is 10.7. The van der Waals surface area contributed by atoms with Crippen molar-refractivity contribution in [2.24, 2.45) is 22.2 Å². The molecular formula is C15H28IN3O4S. The van der Waals surface area contributed by atoms with Crippen molar-refractivity contribution in [3.63, 3.8) is 0 Å². The number of sulfone groups is 1. The number of methoxy groups -OCH3 is 1. The normalized spacial score (nSPS) is 25.8. The van der Waals surface area contributed by atoms with Crippen molar-refractivity contribution in [2.75, 3.05) is 45.8 Å². The van der Waals surface area contributed by atoms with Crippen LogP contribution in [0.5, 0.6) is 0 Å². The Morgan fingerprint density at radius 1 is 1.38 bits per heavy atom. The zero-order chi connectivity index (χ0) is 17.3. The molecule has 0 spiro atoms. The molecule has 24 heavy (non-hydrogen) atoms. The van der Waals surface area contributed by atoms with Crippen molar-refractivity contribution in [3.05, 3.63) is 0 Å². The Labute approximate surface area is 161 Å². The summed E-state index contributed by atoms with van der Waals surface area (Å²) in [5.41, 5.74) is -0.156. The Morgan fingerprint density at radius 2 is 2.00 bits per heavy atom. The number of hydrogen-bond acceptors (Lipinski definition) is 5. The molecule has 1 aliphatic heterocycles. The number of likely N-dealkylation sites (tertiary alicyclic amines) is 1. The van der Waals surface area contributed by atoms with Crippen molar-refractivity contribution >= 4 is 45.7 Å². The lowest BCUT2D eigenvalue weighted by atomic mass is 9.99. The molecule has 1 saturated carbocycles. The van der Waals surface area contributed by atoms with Gasteiger partial charge in [-0.15, -0.1) is 24.0 Å². The molecule has 1 heterocycles. The maximum Gasteiger partial charge on any atom is 0.310 e. The molecule has 2 aliphatic rings. The first-order valence-electron chi connectivity index (χ1n) is 7.91. The van der Waals surface area contributed by atoms with E-state index < -0.39 is 9.84 Å². The van der Waals surface area contributed by atoms with E-state index in [0.29, 0.717) is 13.1 Å². The molecule has 0 radical (unpaired) electrons. The molecule has 0 amide bonds. The monoisotopic (exact) mass is 473 g/mol. The number of esters is 1. The van der Waals surface area contributed by atoms with Crippen LogP contribution in [0.2, 0.25) is 0 Å². The van der Waals surface area contributed by atoms with Gasteiger partial charge < -0.3 is 15.0 Å². The number of carbonyl (C=O) groups is 1. The third-order valence-corrected chi connectivity index (χ3v) is 5.91.